The molecular weight excluding hydrogens is 150 g/mol. The first-order chi connectivity index (χ1) is 4.75. The Hall–Kier alpha value is -0.600. The number of hydrogen-bond donors (Lipinski definition) is 1. The van der Waals surface area contributed by atoms with Gasteiger partial charge >= 0.3 is 0 Å². The second kappa shape index (κ2) is 2.99. The summed E-state index contributed by atoms with van der Waals surface area (Å²) in [6.07, 6.45) is 1.50. The lowest BCUT2D eigenvalue weighted by Crippen LogP contribution is -1.90. The third kappa shape index (κ3) is 1.28. The summed E-state index contributed by atoms with van der Waals surface area (Å²) in [6, 6.07) is 1.63. The molecule has 1 aromatic heterocycles. The first-order valence-electron chi connectivity index (χ1n) is 2.75. The van der Waals surface area contributed by atoms with Gasteiger partial charge in [-0.1, -0.05) is 11.6 Å². The summed E-state index contributed by atoms with van der Waals surface area (Å²) in [4.78, 5) is 3.72. The smallest absolute Gasteiger partial charge is 0.132 e. The molecule has 1 N–H and O–H groups in total. The van der Waals surface area contributed by atoms with Crippen molar-refractivity contribution in [1.29, 1.82) is 0 Å². The molecule has 0 unspecified atom stereocenters. The Morgan fingerprint density at radius 3 is 2.90 bits per heavy atom. The summed E-state index contributed by atoms with van der Waals surface area (Å²) in [5.41, 5.74) is 0.965. The van der Waals surface area contributed by atoms with E-state index in [1.54, 1.807) is 6.07 Å². The SMILES string of the molecule is [CH]c1c(CO)ccnc1Cl. The molecule has 0 saturated heterocycles. The number of aliphatic hydroxyl groups excluding tert-OH is 1. The lowest BCUT2D eigenvalue weighted by Gasteiger charge is -2.00. The minimum Gasteiger partial charge on any atom is -0.392 e. The first kappa shape index (κ1) is 7.51. The van der Waals surface area contributed by atoms with Crippen molar-refractivity contribution in [3.8, 4) is 0 Å². The number of halogens is 1. The number of aromatic nitrogens is 1. The molecule has 2 nitrogen and oxygen atoms in total. The molecule has 2 radical (unpaired) electrons. The van der Waals surface area contributed by atoms with Gasteiger partial charge in [-0.2, -0.15) is 0 Å². The van der Waals surface area contributed by atoms with Crippen LogP contribution in [0.5, 0.6) is 0 Å². The van der Waals surface area contributed by atoms with Crippen molar-refractivity contribution in [2.75, 3.05) is 0 Å². The van der Waals surface area contributed by atoms with Crippen molar-refractivity contribution in [1.82, 2.24) is 4.98 Å². The van der Waals surface area contributed by atoms with Crippen LogP contribution in [0.4, 0.5) is 0 Å². The van der Waals surface area contributed by atoms with Gasteiger partial charge in [0.1, 0.15) is 5.15 Å². The minimum absolute atomic E-state index is 0.103. The molecule has 1 heterocycles. The topological polar surface area (TPSA) is 33.1 Å². The molecular formula is C7H6ClNO. The molecule has 1 aromatic rings. The van der Waals surface area contributed by atoms with Gasteiger partial charge in [0.25, 0.3) is 0 Å². The normalized spacial score (nSPS) is 9.90. The zero-order valence-corrected chi connectivity index (χ0v) is 5.97. The predicted molar refractivity (Wildman–Crippen MR) is 38.6 cm³/mol. The van der Waals surface area contributed by atoms with Gasteiger partial charge in [-0.25, -0.2) is 4.98 Å². The third-order valence-corrected chi connectivity index (χ3v) is 1.50. The van der Waals surface area contributed by atoms with Crippen molar-refractivity contribution in [3.05, 3.63) is 35.5 Å². The number of hydrogen-bond acceptors (Lipinski definition) is 2. The monoisotopic (exact) mass is 155 g/mol. The average Bonchev–Trinajstić information content (AvgIpc) is 1.95. The molecule has 0 fully saturated rings. The molecule has 0 bridgehead atoms. The number of rotatable bonds is 1. The number of nitrogens with zero attached hydrogens (tertiary/aromatic N) is 1. The fraction of sp³-hybridized carbons (Fsp3) is 0.143. The summed E-state index contributed by atoms with van der Waals surface area (Å²) < 4.78 is 0. The van der Waals surface area contributed by atoms with E-state index in [1.807, 2.05) is 0 Å². The molecule has 0 aliphatic rings. The van der Waals surface area contributed by atoms with Crippen LogP contribution in [0.25, 0.3) is 0 Å². The highest BCUT2D eigenvalue weighted by Gasteiger charge is 2.00. The average molecular weight is 156 g/mol. The summed E-state index contributed by atoms with van der Waals surface area (Å²) in [7, 11) is 0. The van der Waals surface area contributed by atoms with Gasteiger partial charge in [0.05, 0.1) is 6.61 Å². The van der Waals surface area contributed by atoms with E-state index in [9.17, 15) is 0 Å². The largest absolute Gasteiger partial charge is 0.392 e. The highest BCUT2D eigenvalue weighted by Crippen LogP contribution is 2.14. The Morgan fingerprint density at radius 2 is 2.40 bits per heavy atom. The maximum atomic E-state index is 8.68. The Labute approximate surface area is 64.5 Å². The number of pyridine rings is 1. The predicted octanol–water partition coefficient (Wildman–Crippen LogP) is 1.29. The van der Waals surface area contributed by atoms with Gasteiger partial charge in [0, 0.05) is 13.1 Å². The van der Waals surface area contributed by atoms with Crippen molar-refractivity contribution in [2.45, 2.75) is 6.61 Å². The Kier molecular flexibility index (Phi) is 2.25. The highest BCUT2D eigenvalue weighted by molar-refractivity contribution is 6.30. The maximum absolute atomic E-state index is 8.68. The minimum atomic E-state index is -0.103. The molecule has 10 heavy (non-hydrogen) atoms. The first-order valence-corrected chi connectivity index (χ1v) is 3.13. The summed E-state index contributed by atoms with van der Waals surface area (Å²) in [5.74, 6) is 0. The van der Waals surface area contributed by atoms with Gasteiger partial charge in [-0.05, 0) is 17.2 Å². The van der Waals surface area contributed by atoms with Crippen LogP contribution in [-0.2, 0) is 6.61 Å². The van der Waals surface area contributed by atoms with Crippen molar-refractivity contribution in [2.24, 2.45) is 0 Å². The van der Waals surface area contributed by atoms with Crippen LogP contribution in [0.2, 0.25) is 5.15 Å². The van der Waals surface area contributed by atoms with E-state index in [0.717, 1.165) is 0 Å². The molecule has 0 aliphatic heterocycles. The van der Waals surface area contributed by atoms with Gasteiger partial charge in [0.15, 0.2) is 0 Å². The van der Waals surface area contributed by atoms with Gasteiger partial charge in [-0.3, -0.25) is 0 Å². The molecule has 0 amide bonds. The highest BCUT2D eigenvalue weighted by atomic mass is 35.5. The van der Waals surface area contributed by atoms with Gasteiger partial charge < -0.3 is 5.11 Å². The van der Waals surface area contributed by atoms with Gasteiger partial charge in [0.2, 0.25) is 0 Å². The van der Waals surface area contributed by atoms with Crippen molar-refractivity contribution in [3.63, 3.8) is 0 Å². The van der Waals surface area contributed by atoms with E-state index in [1.165, 1.54) is 6.20 Å². The number of aliphatic hydroxyl groups is 1. The lowest BCUT2D eigenvalue weighted by molar-refractivity contribution is 0.281. The summed E-state index contributed by atoms with van der Waals surface area (Å²) >= 11 is 5.55. The van der Waals surface area contributed by atoms with Crippen LogP contribution in [0.1, 0.15) is 11.1 Å². The Bertz CT molecular complexity index is 237. The standard InChI is InChI=1S/C7H6ClNO/c1-5-6(4-10)2-3-9-7(5)8/h1-3,10H,4H2. The molecule has 0 saturated carbocycles. The zero-order chi connectivity index (χ0) is 7.56. The lowest BCUT2D eigenvalue weighted by atomic mass is 10.2. The molecule has 0 aliphatic carbocycles. The van der Waals surface area contributed by atoms with Crippen LogP contribution in [0, 0.1) is 6.92 Å². The van der Waals surface area contributed by atoms with Gasteiger partial charge in [-0.15, -0.1) is 0 Å². The van der Waals surface area contributed by atoms with Crippen molar-refractivity contribution >= 4 is 11.6 Å². The fourth-order valence-electron chi connectivity index (χ4n) is 0.622. The zero-order valence-electron chi connectivity index (χ0n) is 5.21. The Balaban J connectivity index is 3.14. The van der Waals surface area contributed by atoms with E-state index in [4.69, 9.17) is 23.6 Å². The van der Waals surface area contributed by atoms with E-state index in [2.05, 4.69) is 4.98 Å². The summed E-state index contributed by atoms with van der Waals surface area (Å²) in [6.45, 7) is 5.34. The molecule has 0 spiro atoms. The fourth-order valence-corrected chi connectivity index (χ4v) is 0.800. The second-order valence-corrected chi connectivity index (χ2v) is 2.19. The van der Waals surface area contributed by atoms with E-state index >= 15 is 0 Å². The van der Waals surface area contributed by atoms with E-state index < -0.39 is 0 Å². The molecule has 3 heteroatoms. The molecule has 0 atom stereocenters. The quantitative estimate of drug-likeness (QED) is 0.620. The Morgan fingerprint density at radius 1 is 1.70 bits per heavy atom. The summed E-state index contributed by atoms with van der Waals surface area (Å²) in [5, 5.41) is 8.92. The van der Waals surface area contributed by atoms with Crippen LogP contribution >= 0.6 is 11.6 Å². The molecule has 1 rings (SSSR count). The van der Waals surface area contributed by atoms with Crippen molar-refractivity contribution < 1.29 is 5.11 Å². The molecule has 52 valence electrons. The third-order valence-electron chi connectivity index (χ3n) is 1.20. The maximum Gasteiger partial charge on any atom is 0.132 e. The molecule has 0 aromatic carbocycles. The van der Waals surface area contributed by atoms with Crippen LogP contribution in [0.3, 0.4) is 0 Å². The van der Waals surface area contributed by atoms with Crippen LogP contribution < -0.4 is 0 Å². The van der Waals surface area contributed by atoms with E-state index in [-0.39, 0.29) is 11.8 Å². The second-order valence-electron chi connectivity index (χ2n) is 1.83. The van der Waals surface area contributed by atoms with E-state index in [0.29, 0.717) is 11.1 Å². The van der Waals surface area contributed by atoms with Crippen LogP contribution in [-0.4, -0.2) is 10.1 Å². The van der Waals surface area contributed by atoms with Crippen LogP contribution in [0.15, 0.2) is 12.3 Å².